The average molecular weight is 350 g/mol. The van der Waals surface area contributed by atoms with Crippen LogP contribution >= 0.6 is 15.9 Å². The number of halogens is 1. The fourth-order valence-corrected chi connectivity index (χ4v) is 2.58. The van der Waals surface area contributed by atoms with E-state index >= 15 is 0 Å². The highest BCUT2D eigenvalue weighted by Gasteiger charge is 2.20. The number of benzene rings is 1. The molecule has 0 unspecified atom stereocenters. The second kappa shape index (κ2) is 6.62. The van der Waals surface area contributed by atoms with E-state index < -0.39 is 0 Å². The zero-order chi connectivity index (χ0) is 14.7. The molecule has 2 aromatic rings. The van der Waals surface area contributed by atoms with Crippen LogP contribution in [0.4, 0.5) is 0 Å². The van der Waals surface area contributed by atoms with Gasteiger partial charge in [0.15, 0.2) is 0 Å². The smallest absolute Gasteiger partial charge is 0.120 e. The molecule has 0 radical (unpaired) electrons. The molecule has 1 aliphatic carbocycles. The zero-order valence-electron chi connectivity index (χ0n) is 12.2. The van der Waals surface area contributed by atoms with Crippen molar-refractivity contribution in [2.24, 2.45) is 0 Å². The lowest BCUT2D eigenvalue weighted by atomic mass is 10.2. The minimum atomic E-state index is 0.618. The molecule has 112 valence electrons. The molecule has 1 aromatic carbocycles. The van der Waals surface area contributed by atoms with Gasteiger partial charge in [-0.3, -0.25) is 4.68 Å². The van der Waals surface area contributed by atoms with Crippen molar-refractivity contribution in [3.63, 3.8) is 0 Å². The van der Waals surface area contributed by atoms with Crippen LogP contribution in [-0.2, 0) is 13.1 Å². The van der Waals surface area contributed by atoms with Crippen molar-refractivity contribution in [3.8, 4) is 5.75 Å². The first-order valence-corrected chi connectivity index (χ1v) is 8.15. The van der Waals surface area contributed by atoms with Gasteiger partial charge in [-0.1, -0.05) is 22.0 Å². The number of ether oxygens (including phenoxy) is 1. The summed E-state index contributed by atoms with van der Waals surface area (Å²) in [6, 6.07) is 8.62. The van der Waals surface area contributed by atoms with Crippen molar-refractivity contribution in [1.29, 1.82) is 0 Å². The Labute approximate surface area is 133 Å². The number of hydrogen-bond donors (Lipinski definition) is 1. The van der Waals surface area contributed by atoms with Gasteiger partial charge >= 0.3 is 0 Å². The third-order valence-electron chi connectivity index (χ3n) is 3.59. The molecule has 4 nitrogen and oxygen atoms in total. The van der Waals surface area contributed by atoms with Gasteiger partial charge in [-0.2, -0.15) is 5.10 Å². The molecule has 0 spiro atoms. The van der Waals surface area contributed by atoms with Gasteiger partial charge in [-0.05, 0) is 38.0 Å². The molecule has 21 heavy (non-hydrogen) atoms. The first kappa shape index (κ1) is 14.6. The topological polar surface area (TPSA) is 39.1 Å². The lowest BCUT2D eigenvalue weighted by Gasteiger charge is -2.06. The Hall–Kier alpha value is -1.33. The maximum atomic E-state index is 5.74. The van der Waals surface area contributed by atoms with Crippen LogP contribution in [0.2, 0.25) is 0 Å². The highest BCUT2D eigenvalue weighted by Crippen LogP contribution is 2.20. The van der Waals surface area contributed by atoms with Gasteiger partial charge in [0, 0.05) is 28.8 Å². The molecule has 0 aliphatic heterocycles. The SMILES string of the molecule is Cc1nn(CCOc2cccc(Br)c2)cc1CNC1CC1. The predicted molar refractivity (Wildman–Crippen MR) is 86.5 cm³/mol. The molecular weight excluding hydrogens is 330 g/mol. The summed E-state index contributed by atoms with van der Waals surface area (Å²) in [4.78, 5) is 0. The Morgan fingerprint density at radius 3 is 3.05 bits per heavy atom. The summed E-state index contributed by atoms with van der Waals surface area (Å²) < 4.78 is 8.74. The Morgan fingerprint density at radius 1 is 1.43 bits per heavy atom. The Kier molecular flexibility index (Phi) is 4.60. The van der Waals surface area contributed by atoms with E-state index in [0.717, 1.165) is 35.0 Å². The standard InChI is InChI=1S/C16H20BrN3O/c1-12-13(10-18-15-5-6-15)11-20(19-12)7-8-21-16-4-2-3-14(17)9-16/h2-4,9,11,15,18H,5-8,10H2,1H3. The summed E-state index contributed by atoms with van der Waals surface area (Å²) in [5, 5.41) is 8.07. The van der Waals surface area contributed by atoms with Gasteiger partial charge in [0.25, 0.3) is 0 Å². The molecular formula is C16H20BrN3O. The van der Waals surface area contributed by atoms with Crippen LogP contribution in [0.3, 0.4) is 0 Å². The molecule has 1 saturated carbocycles. The molecule has 0 saturated heterocycles. The maximum Gasteiger partial charge on any atom is 0.120 e. The van der Waals surface area contributed by atoms with Crippen LogP contribution < -0.4 is 10.1 Å². The molecule has 1 N–H and O–H groups in total. The Bertz CT molecular complexity index is 607. The Morgan fingerprint density at radius 2 is 2.29 bits per heavy atom. The molecule has 0 bridgehead atoms. The lowest BCUT2D eigenvalue weighted by molar-refractivity contribution is 0.291. The minimum Gasteiger partial charge on any atom is -0.492 e. The normalized spacial score (nSPS) is 14.4. The third-order valence-corrected chi connectivity index (χ3v) is 4.09. The fourth-order valence-electron chi connectivity index (χ4n) is 2.20. The predicted octanol–water partition coefficient (Wildman–Crippen LogP) is 3.29. The third kappa shape index (κ3) is 4.32. The van der Waals surface area contributed by atoms with Crippen LogP contribution in [0.1, 0.15) is 24.1 Å². The van der Waals surface area contributed by atoms with Gasteiger partial charge in [0.05, 0.1) is 12.2 Å². The van der Waals surface area contributed by atoms with Crippen molar-refractivity contribution >= 4 is 15.9 Å². The fraction of sp³-hybridized carbons (Fsp3) is 0.438. The van der Waals surface area contributed by atoms with E-state index in [1.807, 2.05) is 28.9 Å². The quantitative estimate of drug-likeness (QED) is 0.833. The summed E-state index contributed by atoms with van der Waals surface area (Å²) >= 11 is 3.44. The van der Waals surface area contributed by atoms with E-state index in [1.165, 1.54) is 18.4 Å². The van der Waals surface area contributed by atoms with Crippen molar-refractivity contribution in [3.05, 3.63) is 46.2 Å². The summed E-state index contributed by atoms with van der Waals surface area (Å²) in [6.45, 7) is 4.36. The van der Waals surface area contributed by atoms with Crippen molar-refractivity contribution in [1.82, 2.24) is 15.1 Å². The van der Waals surface area contributed by atoms with Crippen molar-refractivity contribution < 1.29 is 4.74 Å². The molecule has 0 atom stereocenters. The first-order valence-electron chi connectivity index (χ1n) is 7.35. The number of rotatable bonds is 7. The number of nitrogens with one attached hydrogen (secondary N) is 1. The van der Waals surface area contributed by atoms with Crippen molar-refractivity contribution in [2.75, 3.05) is 6.61 Å². The number of hydrogen-bond acceptors (Lipinski definition) is 3. The van der Waals surface area contributed by atoms with Crippen LogP contribution in [-0.4, -0.2) is 22.4 Å². The molecule has 5 heteroatoms. The van der Waals surface area contributed by atoms with E-state index in [2.05, 4.69) is 39.5 Å². The zero-order valence-corrected chi connectivity index (χ0v) is 13.8. The number of nitrogens with zero attached hydrogens (tertiary/aromatic N) is 2. The molecule has 0 amide bonds. The highest BCUT2D eigenvalue weighted by atomic mass is 79.9. The molecule has 3 rings (SSSR count). The van der Waals surface area contributed by atoms with E-state index in [9.17, 15) is 0 Å². The molecule has 1 aliphatic rings. The molecule has 1 fully saturated rings. The van der Waals surface area contributed by atoms with E-state index in [-0.39, 0.29) is 0 Å². The largest absolute Gasteiger partial charge is 0.492 e. The monoisotopic (exact) mass is 349 g/mol. The second-order valence-corrected chi connectivity index (χ2v) is 6.38. The van der Waals surface area contributed by atoms with Crippen LogP contribution in [0.5, 0.6) is 5.75 Å². The van der Waals surface area contributed by atoms with E-state index in [0.29, 0.717) is 6.61 Å². The minimum absolute atomic E-state index is 0.618. The van der Waals surface area contributed by atoms with Crippen molar-refractivity contribution in [2.45, 2.75) is 38.9 Å². The molecule has 1 heterocycles. The first-order chi connectivity index (χ1) is 10.2. The summed E-state index contributed by atoms with van der Waals surface area (Å²) in [7, 11) is 0. The lowest BCUT2D eigenvalue weighted by Crippen LogP contribution is -2.15. The van der Waals surface area contributed by atoms with Crippen LogP contribution in [0.15, 0.2) is 34.9 Å². The van der Waals surface area contributed by atoms with Gasteiger partial charge in [0.1, 0.15) is 12.4 Å². The molecule has 1 aromatic heterocycles. The summed E-state index contributed by atoms with van der Waals surface area (Å²) in [5.41, 5.74) is 2.38. The van der Waals surface area contributed by atoms with E-state index in [4.69, 9.17) is 4.74 Å². The average Bonchev–Trinajstić information content (AvgIpc) is 3.21. The second-order valence-electron chi connectivity index (χ2n) is 5.46. The summed E-state index contributed by atoms with van der Waals surface area (Å²) in [5.74, 6) is 0.879. The van der Waals surface area contributed by atoms with Crippen LogP contribution in [0.25, 0.3) is 0 Å². The Balaban J connectivity index is 1.49. The van der Waals surface area contributed by atoms with Crippen LogP contribution in [0, 0.1) is 6.92 Å². The van der Waals surface area contributed by atoms with Gasteiger partial charge < -0.3 is 10.1 Å². The van der Waals surface area contributed by atoms with Gasteiger partial charge in [0.2, 0.25) is 0 Å². The summed E-state index contributed by atoms with van der Waals surface area (Å²) in [6.07, 6.45) is 4.75. The van der Waals surface area contributed by atoms with Gasteiger partial charge in [-0.25, -0.2) is 0 Å². The number of aryl methyl sites for hydroxylation is 1. The van der Waals surface area contributed by atoms with E-state index in [1.54, 1.807) is 0 Å². The highest BCUT2D eigenvalue weighted by molar-refractivity contribution is 9.10. The maximum absolute atomic E-state index is 5.74. The van der Waals surface area contributed by atoms with Gasteiger partial charge in [-0.15, -0.1) is 0 Å². The number of aromatic nitrogens is 2.